The SMILES string of the molecule is O=S(=O)(NCc1ccc([C@H]2O[C@@H](CSc3nc(-c4ccccc4)c(-c4ccccc4)o3)C[C@@H](c3ccc(CO)cc3)O2)cc1)c1ccccc1. The van der Waals surface area contributed by atoms with Crippen molar-refractivity contribution in [1.29, 1.82) is 0 Å². The molecule has 10 heteroatoms. The molecule has 0 saturated carbocycles. The Morgan fingerprint density at radius 2 is 1.32 bits per heavy atom. The summed E-state index contributed by atoms with van der Waals surface area (Å²) in [6.45, 7) is 0.117. The van der Waals surface area contributed by atoms with E-state index in [1.807, 2.05) is 109 Å². The molecule has 7 rings (SSSR count). The van der Waals surface area contributed by atoms with E-state index in [0.717, 1.165) is 44.8 Å². The Balaban J connectivity index is 1.09. The van der Waals surface area contributed by atoms with E-state index in [-0.39, 0.29) is 30.3 Å². The van der Waals surface area contributed by atoms with Crippen LogP contribution in [0.5, 0.6) is 0 Å². The molecule has 0 amide bonds. The Kier molecular flexibility index (Phi) is 10.6. The van der Waals surface area contributed by atoms with Crippen LogP contribution in [0.25, 0.3) is 22.6 Å². The third-order valence-electron chi connectivity index (χ3n) is 8.47. The molecule has 2 heterocycles. The molecule has 5 aromatic carbocycles. The predicted molar refractivity (Wildman–Crippen MR) is 193 cm³/mol. The van der Waals surface area contributed by atoms with Crippen LogP contribution in [-0.4, -0.2) is 30.4 Å². The van der Waals surface area contributed by atoms with Crippen molar-refractivity contribution in [3.8, 4) is 22.6 Å². The van der Waals surface area contributed by atoms with Gasteiger partial charge in [-0.3, -0.25) is 0 Å². The van der Waals surface area contributed by atoms with E-state index in [9.17, 15) is 13.5 Å². The zero-order valence-corrected chi connectivity index (χ0v) is 28.7. The first-order chi connectivity index (χ1) is 24.4. The summed E-state index contributed by atoms with van der Waals surface area (Å²) in [6.07, 6.45) is -0.505. The summed E-state index contributed by atoms with van der Waals surface area (Å²) < 4.78 is 47.5. The molecule has 2 N–H and O–H groups in total. The maximum Gasteiger partial charge on any atom is 0.256 e. The van der Waals surface area contributed by atoms with Gasteiger partial charge in [-0.15, -0.1) is 0 Å². The van der Waals surface area contributed by atoms with Crippen LogP contribution in [0.4, 0.5) is 0 Å². The number of ether oxygens (including phenoxy) is 2. The lowest BCUT2D eigenvalue weighted by Crippen LogP contribution is -2.31. The minimum Gasteiger partial charge on any atom is -0.431 e. The fourth-order valence-corrected chi connectivity index (χ4v) is 7.66. The summed E-state index contributed by atoms with van der Waals surface area (Å²) in [5.74, 6) is 1.30. The number of benzene rings is 5. The highest BCUT2D eigenvalue weighted by atomic mass is 32.2. The molecular weight excluding hydrogens is 669 g/mol. The van der Waals surface area contributed by atoms with Crippen LogP contribution in [0, 0.1) is 0 Å². The summed E-state index contributed by atoms with van der Waals surface area (Å²) in [5.41, 5.74) is 6.17. The number of nitrogens with one attached hydrogen (secondary N) is 1. The standard InChI is InChI=1S/C40H36N2O6S2/c43-26-29-18-20-30(21-19-29)36-24-34(27-49-40-42-37(31-10-4-1-5-11-31)38(48-40)32-12-6-2-7-13-32)46-39(47-36)33-22-16-28(17-23-33)25-41-50(44,45)35-14-8-3-9-15-35/h1-23,34,36,39,41,43H,24-27H2/t34-,36+,39+/m1/s1. The molecule has 254 valence electrons. The molecule has 1 aliphatic heterocycles. The summed E-state index contributed by atoms with van der Waals surface area (Å²) in [4.78, 5) is 5.14. The third-order valence-corrected chi connectivity index (χ3v) is 10.8. The lowest BCUT2D eigenvalue weighted by Gasteiger charge is -2.36. The Morgan fingerprint density at radius 3 is 1.98 bits per heavy atom. The Labute approximate surface area is 296 Å². The van der Waals surface area contributed by atoms with E-state index in [1.54, 1.807) is 30.3 Å². The van der Waals surface area contributed by atoms with Crippen molar-refractivity contribution in [2.45, 2.75) is 48.2 Å². The number of aliphatic hydroxyl groups is 1. The highest BCUT2D eigenvalue weighted by Crippen LogP contribution is 2.41. The van der Waals surface area contributed by atoms with Gasteiger partial charge < -0.3 is 19.0 Å². The molecule has 1 aromatic heterocycles. The van der Waals surface area contributed by atoms with E-state index >= 15 is 0 Å². The van der Waals surface area contributed by atoms with Crippen molar-refractivity contribution in [1.82, 2.24) is 9.71 Å². The number of oxazole rings is 1. The summed E-state index contributed by atoms with van der Waals surface area (Å²) in [6, 6.07) is 43.7. The molecule has 0 unspecified atom stereocenters. The zero-order valence-electron chi connectivity index (χ0n) is 27.1. The van der Waals surface area contributed by atoms with Gasteiger partial charge in [-0.2, -0.15) is 0 Å². The topological polar surface area (TPSA) is 111 Å². The van der Waals surface area contributed by atoms with E-state index in [4.69, 9.17) is 18.9 Å². The summed E-state index contributed by atoms with van der Waals surface area (Å²) in [7, 11) is -3.63. The molecule has 50 heavy (non-hydrogen) atoms. The summed E-state index contributed by atoms with van der Waals surface area (Å²) >= 11 is 1.50. The quantitative estimate of drug-likeness (QED) is 0.122. The first-order valence-electron chi connectivity index (χ1n) is 16.3. The van der Waals surface area contributed by atoms with Gasteiger partial charge in [0.25, 0.3) is 5.22 Å². The maximum atomic E-state index is 12.7. The van der Waals surface area contributed by atoms with E-state index in [2.05, 4.69) is 4.72 Å². The molecule has 1 saturated heterocycles. The molecule has 0 radical (unpaired) electrons. The van der Waals surface area contributed by atoms with E-state index in [0.29, 0.717) is 17.4 Å². The van der Waals surface area contributed by atoms with Crippen molar-refractivity contribution in [2.75, 3.05) is 5.75 Å². The Morgan fingerprint density at radius 1 is 0.720 bits per heavy atom. The average molecular weight is 705 g/mol. The second-order valence-corrected chi connectivity index (χ2v) is 14.7. The lowest BCUT2D eigenvalue weighted by molar-refractivity contribution is -0.245. The number of hydrogen-bond acceptors (Lipinski definition) is 8. The molecule has 0 spiro atoms. The zero-order chi connectivity index (χ0) is 34.3. The van der Waals surface area contributed by atoms with Crippen LogP contribution in [0.3, 0.4) is 0 Å². The van der Waals surface area contributed by atoms with Crippen molar-refractivity contribution >= 4 is 21.8 Å². The smallest absolute Gasteiger partial charge is 0.256 e. The second kappa shape index (κ2) is 15.6. The highest BCUT2D eigenvalue weighted by Gasteiger charge is 2.33. The molecule has 1 fully saturated rings. The van der Waals surface area contributed by atoms with Gasteiger partial charge in [-0.1, -0.05) is 139 Å². The van der Waals surface area contributed by atoms with Crippen molar-refractivity contribution in [2.24, 2.45) is 0 Å². The number of thioether (sulfide) groups is 1. The van der Waals surface area contributed by atoms with Crippen LogP contribution >= 0.6 is 11.8 Å². The first-order valence-corrected chi connectivity index (χ1v) is 18.8. The largest absolute Gasteiger partial charge is 0.431 e. The lowest BCUT2D eigenvalue weighted by atomic mass is 10.0. The van der Waals surface area contributed by atoms with Gasteiger partial charge in [0.1, 0.15) is 5.69 Å². The van der Waals surface area contributed by atoms with Gasteiger partial charge >= 0.3 is 0 Å². The van der Waals surface area contributed by atoms with Gasteiger partial charge in [0, 0.05) is 35.4 Å². The minimum absolute atomic E-state index is 0.0310. The molecule has 1 aliphatic rings. The van der Waals surface area contributed by atoms with E-state index in [1.165, 1.54) is 11.8 Å². The van der Waals surface area contributed by atoms with E-state index < -0.39 is 16.3 Å². The highest BCUT2D eigenvalue weighted by molar-refractivity contribution is 7.99. The Hall–Kier alpha value is -4.55. The van der Waals surface area contributed by atoms with Gasteiger partial charge in [0.15, 0.2) is 12.1 Å². The number of nitrogens with zero attached hydrogens (tertiary/aromatic N) is 1. The molecular formula is C40H36N2O6S2. The van der Waals surface area contributed by atoms with Crippen LogP contribution in [-0.2, 0) is 32.6 Å². The predicted octanol–water partition coefficient (Wildman–Crippen LogP) is 8.32. The number of sulfonamides is 1. The average Bonchev–Trinajstić information content (AvgIpc) is 3.62. The molecule has 8 nitrogen and oxygen atoms in total. The monoisotopic (exact) mass is 704 g/mol. The minimum atomic E-state index is -3.63. The van der Waals surface area contributed by atoms with Gasteiger partial charge in [-0.05, 0) is 28.8 Å². The van der Waals surface area contributed by atoms with Crippen LogP contribution in [0.1, 0.15) is 41.1 Å². The van der Waals surface area contributed by atoms with Gasteiger partial charge in [-0.25, -0.2) is 18.1 Å². The first kappa shape index (κ1) is 33.9. The molecule has 0 aliphatic carbocycles. The van der Waals surface area contributed by atoms with Crippen molar-refractivity contribution in [3.63, 3.8) is 0 Å². The third kappa shape index (κ3) is 8.08. The Bertz CT molecular complexity index is 2030. The second-order valence-electron chi connectivity index (χ2n) is 11.9. The fraction of sp³-hybridized carbons (Fsp3) is 0.175. The van der Waals surface area contributed by atoms with Gasteiger partial charge in [0.2, 0.25) is 10.0 Å². The number of rotatable bonds is 12. The maximum absolute atomic E-state index is 12.7. The number of aliphatic hydroxyl groups excluding tert-OH is 1. The van der Waals surface area contributed by atoms with Crippen molar-refractivity contribution in [3.05, 3.63) is 162 Å². The van der Waals surface area contributed by atoms with Gasteiger partial charge in [0.05, 0.1) is 23.7 Å². The van der Waals surface area contributed by atoms with Crippen LogP contribution in [0.15, 0.2) is 154 Å². The molecule has 3 atom stereocenters. The fourth-order valence-electron chi connectivity index (χ4n) is 5.78. The molecule has 0 bridgehead atoms. The number of hydrogen-bond donors (Lipinski definition) is 2. The van der Waals surface area contributed by atoms with Crippen LogP contribution < -0.4 is 4.72 Å². The normalized spacial score (nSPS) is 17.8. The van der Waals surface area contributed by atoms with Crippen molar-refractivity contribution < 1.29 is 27.4 Å². The van der Waals surface area contributed by atoms with Crippen LogP contribution in [0.2, 0.25) is 0 Å². The summed E-state index contributed by atoms with van der Waals surface area (Å²) in [5, 5.41) is 10.1. The number of aromatic nitrogens is 1. The molecule has 6 aromatic rings.